The number of hydrogen-bond donors (Lipinski definition) is 3. The van der Waals surface area contributed by atoms with Gasteiger partial charge in [-0.2, -0.15) is 0 Å². The first-order valence-electron chi connectivity index (χ1n) is 6.63. The first kappa shape index (κ1) is 15.9. The molecular formula is C16H16N2O3S. The Labute approximate surface area is 132 Å². The number of nitrogen functional groups attached to an aromatic ring is 1. The lowest BCUT2D eigenvalue weighted by Crippen LogP contribution is -2.42. The average Bonchev–Trinajstić information content (AvgIpc) is 2.52. The number of carbonyl (C=O) groups excluding carboxylic acids is 1. The zero-order valence-corrected chi connectivity index (χ0v) is 12.5. The van der Waals surface area contributed by atoms with Crippen LogP contribution in [0, 0.1) is 0 Å². The number of amides is 1. The number of nitrogens with one attached hydrogen (secondary N) is 1. The molecule has 0 saturated carbocycles. The monoisotopic (exact) mass is 316 g/mol. The average molecular weight is 316 g/mol. The maximum atomic E-state index is 12.1. The van der Waals surface area contributed by atoms with E-state index in [-0.39, 0.29) is 5.75 Å². The van der Waals surface area contributed by atoms with E-state index in [1.54, 1.807) is 18.2 Å². The van der Waals surface area contributed by atoms with Gasteiger partial charge in [0.05, 0.1) is 0 Å². The summed E-state index contributed by atoms with van der Waals surface area (Å²) >= 11 is 1.38. The van der Waals surface area contributed by atoms with E-state index in [0.29, 0.717) is 11.3 Å². The minimum Gasteiger partial charge on any atom is -0.480 e. The molecule has 1 atom stereocenters. The Kier molecular flexibility index (Phi) is 5.43. The lowest BCUT2D eigenvalue weighted by molar-refractivity contribution is -0.138. The molecule has 1 amide bonds. The van der Waals surface area contributed by atoms with Gasteiger partial charge < -0.3 is 16.2 Å². The lowest BCUT2D eigenvalue weighted by Gasteiger charge is -2.14. The molecule has 0 spiro atoms. The molecule has 2 aromatic carbocycles. The van der Waals surface area contributed by atoms with Crippen molar-refractivity contribution in [2.24, 2.45) is 0 Å². The summed E-state index contributed by atoms with van der Waals surface area (Å²) < 4.78 is 0. The molecule has 4 N–H and O–H groups in total. The van der Waals surface area contributed by atoms with Crippen molar-refractivity contribution >= 4 is 29.3 Å². The van der Waals surface area contributed by atoms with Crippen LogP contribution in [0.5, 0.6) is 0 Å². The summed E-state index contributed by atoms with van der Waals surface area (Å²) in [6.07, 6.45) is 0. The highest BCUT2D eigenvalue weighted by Gasteiger charge is 2.21. The quantitative estimate of drug-likeness (QED) is 0.561. The zero-order chi connectivity index (χ0) is 15.9. The molecule has 0 aliphatic carbocycles. The third kappa shape index (κ3) is 4.53. The van der Waals surface area contributed by atoms with Crippen molar-refractivity contribution in [3.8, 4) is 0 Å². The van der Waals surface area contributed by atoms with Gasteiger partial charge in [-0.05, 0) is 30.3 Å². The van der Waals surface area contributed by atoms with Gasteiger partial charge in [0.2, 0.25) is 0 Å². The van der Waals surface area contributed by atoms with Crippen LogP contribution in [-0.2, 0) is 4.79 Å². The minimum absolute atomic E-state index is 0.243. The number of benzene rings is 2. The van der Waals surface area contributed by atoms with Gasteiger partial charge in [0.1, 0.15) is 6.04 Å². The summed E-state index contributed by atoms with van der Waals surface area (Å²) in [7, 11) is 0. The Morgan fingerprint density at radius 2 is 1.86 bits per heavy atom. The molecule has 0 radical (unpaired) electrons. The molecule has 114 valence electrons. The molecule has 0 aromatic heterocycles. The van der Waals surface area contributed by atoms with Crippen molar-refractivity contribution in [1.29, 1.82) is 0 Å². The van der Waals surface area contributed by atoms with Crippen LogP contribution in [0.1, 0.15) is 10.4 Å². The Balaban J connectivity index is 1.99. The molecule has 0 unspecified atom stereocenters. The predicted molar refractivity (Wildman–Crippen MR) is 86.9 cm³/mol. The molecule has 0 saturated heterocycles. The normalized spacial score (nSPS) is 11.6. The van der Waals surface area contributed by atoms with Gasteiger partial charge in [0.15, 0.2) is 0 Å². The van der Waals surface area contributed by atoms with Crippen molar-refractivity contribution in [3.05, 3.63) is 60.2 Å². The molecule has 2 rings (SSSR count). The molecule has 5 nitrogen and oxygen atoms in total. The van der Waals surface area contributed by atoms with Crippen LogP contribution in [0.2, 0.25) is 0 Å². The van der Waals surface area contributed by atoms with Crippen molar-refractivity contribution < 1.29 is 14.7 Å². The number of nitrogens with two attached hydrogens (primary N) is 1. The van der Waals surface area contributed by atoms with Gasteiger partial charge in [-0.25, -0.2) is 4.79 Å². The van der Waals surface area contributed by atoms with Crippen LogP contribution in [0.4, 0.5) is 5.69 Å². The van der Waals surface area contributed by atoms with Crippen molar-refractivity contribution in [2.75, 3.05) is 11.5 Å². The number of carboxylic acids is 1. The molecular weight excluding hydrogens is 300 g/mol. The van der Waals surface area contributed by atoms with Crippen LogP contribution in [0.25, 0.3) is 0 Å². The smallest absolute Gasteiger partial charge is 0.327 e. The maximum absolute atomic E-state index is 12.1. The number of aliphatic carboxylic acids is 1. The van der Waals surface area contributed by atoms with Crippen molar-refractivity contribution in [3.63, 3.8) is 0 Å². The Bertz CT molecular complexity index is 661. The fourth-order valence-corrected chi connectivity index (χ4v) is 2.73. The lowest BCUT2D eigenvalue weighted by atomic mass is 10.2. The topological polar surface area (TPSA) is 92.4 Å². The van der Waals surface area contributed by atoms with E-state index in [1.165, 1.54) is 17.8 Å². The second-order valence-corrected chi connectivity index (χ2v) is 5.71. The maximum Gasteiger partial charge on any atom is 0.327 e. The molecule has 2 aromatic rings. The van der Waals surface area contributed by atoms with E-state index in [2.05, 4.69) is 5.32 Å². The van der Waals surface area contributed by atoms with Gasteiger partial charge in [0.25, 0.3) is 5.91 Å². The van der Waals surface area contributed by atoms with E-state index in [1.807, 2.05) is 30.3 Å². The third-order valence-electron chi connectivity index (χ3n) is 2.91. The Morgan fingerprint density at radius 3 is 2.50 bits per heavy atom. The molecule has 0 aliphatic heterocycles. The largest absolute Gasteiger partial charge is 0.480 e. The fraction of sp³-hybridized carbons (Fsp3) is 0.125. The minimum atomic E-state index is -1.07. The number of rotatable bonds is 6. The molecule has 0 aliphatic rings. The summed E-state index contributed by atoms with van der Waals surface area (Å²) in [5.41, 5.74) is 6.42. The fourth-order valence-electron chi connectivity index (χ4n) is 1.79. The Morgan fingerprint density at radius 1 is 1.14 bits per heavy atom. The first-order valence-corrected chi connectivity index (χ1v) is 7.62. The number of anilines is 1. The van der Waals surface area contributed by atoms with E-state index in [0.717, 1.165) is 4.90 Å². The first-order chi connectivity index (χ1) is 10.6. The standard InChI is InChI=1S/C16H16N2O3S/c17-12-6-4-5-11(9-12)15(19)18-14(16(20)21)10-22-13-7-2-1-3-8-13/h1-9,14H,10,17H2,(H,18,19)(H,20,21)/t14-/m0/s1. The summed E-state index contributed by atoms with van der Waals surface area (Å²) in [5, 5.41) is 11.8. The van der Waals surface area contributed by atoms with Crippen molar-refractivity contribution in [1.82, 2.24) is 5.32 Å². The second-order valence-electron chi connectivity index (χ2n) is 4.61. The van der Waals surface area contributed by atoms with E-state index in [9.17, 15) is 14.7 Å². The van der Waals surface area contributed by atoms with E-state index in [4.69, 9.17) is 5.73 Å². The van der Waals surface area contributed by atoms with Crippen LogP contribution < -0.4 is 11.1 Å². The van der Waals surface area contributed by atoms with Crippen LogP contribution in [-0.4, -0.2) is 28.8 Å². The van der Waals surface area contributed by atoms with Crippen LogP contribution in [0.3, 0.4) is 0 Å². The predicted octanol–water partition coefficient (Wildman–Crippen LogP) is 2.24. The summed E-state index contributed by atoms with van der Waals surface area (Å²) in [6.45, 7) is 0. The van der Waals surface area contributed by atoms with Gasteiger partial charge >= 0.3 is 5.97 Å². The third-order valence-corrected chi connectivity index (χ3v) is 4.02. The Hall–Kier alpha value is -2.47. The highest BCUT2D eigenvalue weighted by molar-refractivity contribution is 7.99. The SMILES string of the molecule is Nc1cccc(C(=O)N[C@@H](CSc2ccccc2)C(=O)O)c1. The van der Waals surface area contributed by atoms with Gasteiger partial charge in [-0.3, -0.25) is 4.79 Å². The molecule has 6 heteroatoms. The zero-order valence-electron chi connectivity index (χ0n) is 11.7. The highest BCUT2D eigenvalue weighted by Crippen LogP contribution is 2.18. The number of thioether (sulfide) groups is 1. The van der Waals surface area contributed by atoms with Gasteiger partial charge in [-0.1, -0.05) is 24.3 Å². The summed E-state index contributed by atoms with van der Waals surface area (Å²) in [5.74, 6) is -1.28. The van der Waals surface area contributed by atoms with Crippen LogP contribution >= 0.6 is 11.8 Å². The van der Waals surface area contributed by atoms with Crippen molar-refractivity contribution in [2.45, 2.75) is 10.9 Å². The summed E-state index contributed by atoms with van der Waals surface area (Å²) in [4.78, 5) is 24.3. The molecule has 0 heterocycles. The van der Waals surface area contributed by atoms with E-state index >= 15 is 0 Å². The van der Waals surface area contributed by atoms with Gasteiger partial charge in [0, 0.05) is 21.9 Å². The number of carboxylic acid groups (broad SMARTS) is 1. The molecule has 22 heavy (non-hydrogen) atoms. The highest BCUT2D eigenvalue weighted by atomic mass is 32.2. The van der Waals surface area contributed by atoms with E-state index < -0.39 is 17.9 Å². The van der Waals surface area contributed by atoms with Crippen LogP contribution in [0.15, 0.2) is 59.5 Å². The number of carbonyl (C=O) groups is 2. The molecule has 0 bridgehead atoms. The second kappa shape index (κ2) is 7.51. The number of hydrogen-bond acceptors (Lipinski definition) is 4. The summed E-state index contributed by atoms with van der Waals surface area (Å²) in [6, 6.07) is 14.9. The van der Waals surface area contributed by atoms with Gasteiger partial charge in [-0.15, -0.1) is 11.8 Å². The molecule has 0 fully saturated rings.